The molecule has 0 radical (unpaired) electrons. The maximum absolute atomic E-state index is 13.7. The Morgan fingerprint density at radius 2 is 1.73 bits per heavy atom. The lowest BCUT2D eigenvalue weighted by atomic mass is 9.80. The normalized spacial score (nSPS) is 20.4. The molecule has 1 N–H and O–H groups in total. The van der Waals surface area contributed by atoms with E-state index >= 15 is 0 Å². The average molecular weight is 451 g/mol. The molecule has 4 rings (SSSR count). The number of likely N-dealkylation sites (tertiary alicyclic amines) is 1. The predicted octanol–water partition coefficient (Wildman–Crippen LogP) is 2.76. The Hall–Kier alpha value is -2.97. The van der Waals surface area contributed by atoms with Crippen LogP contribution in [0.5, 0.6) is 0 Å². The number of hydrogen-bond donors (Lipinski definition) is 1. The van der Waals surface area contributed by atoms with Gasteiger partial charge in [0.15, 0.2) is 5.41 Å². The van der Waals surface area contributed by atoms with Gasteiger partial charge in [0, 0.05) is 21.3 Å². The van der Waals surface area contributed by atoms with Crippen molar-refractivity contribution in [2.45, 2.75) is 18.4 Å². The summed E-state index contributed by atoms with van der Waals surface area (Å²) in [5.41, 5.74) is -1.23. The van der Waals surface area contributed by atoms with E-state index in [4.69, 9.17) is 23.2 Å². The number of hydrogen-bond acceptors (Lipinski definition) is 4. The largest absolute Gasteiger partial charge is 0.480 e. The summed E-state index contributed by atoms with van der Waals surface area (Å²) < 4.78 is 13.7. The van der Waals surface area contributed by atoms with Gasteiger partial charge in [-0.2, -0.15) is 0 Å². The van der Waals surface area contributed by atoms with Crippen LogP contribution < -0.4 is 4.90 Å². The molecule has 1 atom stereocenters. The minimum atomic E-state index is -1.90. The molecule has 154 valence electrons. The number of carboxylic acids is 1. The van der Waals surface area contributed by atoms with Gasteiger partial charge in [0.25, 0.3) is 0 Å². The monoisotopic (exact) mass is 450 g/mol. The van der Waals surface area contributed by atoms with Gasteiger partial charge in [0.2, 0.25) is 17.7 Å². The molecule has 1 fully saturated rings. The van der Waals surface area contributed by atoms with Crippen molar-refractivity contribution in [3.8, 4) is 0 Å². The van der Waals surface area contributed by atoms with E-state index in [1.165, 1.54) is 24.3 Å². The number of carbonyl (C=O) groups excluding carboxylic acids is 3. The molecular weight excluding hydrogens is 438 g/mol. The SMILES string of the molecule is O=C(O)CN1C(=O)C2(CC(=O)N(Cc3cc(F)cc(Cl)c3)C2=O)c2cc(Cl)ccc21. The Labute approximate surface area is 179 Å². The molecule has 7 nitrogen and oxygen atoms in total. The van der Waals surface area contributed by atoms with Crippen molar-refractivity contribution in [1.29, 1.82) is 0 Å². The van der Waals surface area contributed by atoms with Crippen molar-refractivity contribution in [3.63, 3.8) is 0 Å². The lowest BCUT2D eigenvalue weighted by Crippen LogP contribution is -2.47. The Balaban J connectivity index is 1.78. The third-order valence-electron chi connectivity index (χ3n) is 5.20. The number of anilines is 1. The van der Waals surface area contributed by atoms with Gasteiger partial charge in [0.1, 0.15) is 12.4 Å². The minimum Gasteiger partial charge on any atom is -0.480 e. The summed E-state index contributed by atoms with van der Waals surface area (Å²) in [5.74, 6) is -4.16. The molecule has 30 heavy (non-hydrogen) atoms. The van der Waals surface area contributed by atoms with Crippen molar-refractivity contribution in [1.82, 2.24) is 4.90 Å². The van der Waals surface area contributed by atoms with Gasteiger partial charge in [0.05, 0.1) is 13.0 Å². The third kappa shape index (κ3) is 3.03. The van der Waals surface area contributed by atoms with E-state index in [1.807, 2.05) is 0 Å². The van der Waals surface area contributed by atoms with Crippen LogP contribution in [0.1, 0.15) is 17.5 Å². The molecule has 2 aromatic rings. The number of aliphatic carboxylic acids is 1. The zero-order chi connectivity index (χ0) is 21.8. The number of nitrogens with zero attached hydrogens (tertiary/aromatic N) is 2. The lowest BCUT2D eigenvalue weighted by molar-refractivity contribution is -0.143. The van der Waals surface area contributed by atoms with E-state index in [1.54, 1.807) is 0 Å². The summed E-state index contributed by atoms with van der Waals surface area (Å²) in [6.45, 7) is -0.949. The van der Waals surface area contributed by atoms with Gasteiger partial charge < -0.3 is 5.11 Å². The van der Waals surface area contributed by atoms with Crippen LogP contribution in [-0.4, -0.2) is 40.2 Å². The molecule has 2 aliphatic heterocycles. The van der Waals surface area contributed by atoms with E-state index < -0.39 is 47.9 Å². The Kier molecular flexibility index (Phi) is 4.79. The van der Waals surface area contributed by atoms with Crippen molar-refractivity contribution < 1.29 is 28.7 Å². The van der Waals surface area contributed by atoms with Gasteiger partial charge in [-0.1, -0.05) is 23.2 Å². The lowest BCUT2D eigenvalue weighted by Gasteiger charge is -2.22. The first kappa shape index (κ1) is 20.3. The smallest absolute Gasteiger partial charge is 0.323 e. The topological polar surface area (TPSA) is 95.0 Å². The van der Waals surface area contributed by atoms with Gasteiger partial charge in [-0.05, 0) is 42.0 Å². The molecule has 0 bridgehead atoms. The zero-order valence-electron chi connectivity index (χ0n) is 15.2. The fourth-order valence-corrected chi connectivity index (χ4v) is 4.41. The van der Waals surface area contributed by atoms with E-state index in [0.717, 1.165) is 21.9 Å². The van der Waals surface area contributed by atoms with Gasteiger partial charge in [-0.25, -0.2) is 4.39 Å². The van der Waals surface area contributed by atoms with Crippen LogP contribution in [0.15, 0.2) is 36.4 Å². The quantitative estimate of drug-likeness (QED) is 0.570. The molecular formula is C20H13Cl2FN2O5. The molecule has 2 heterocycles. The molecule has 1 saturated heterocycles. The van der Waals surface area contributed by atoms with Crippen molar-refractivity contribution in [2.24, 2.45) is 0 Å². The van der Waals surface area contributed by atoms with Crippen LogP contribution in [0.4, 0.5) is 10.1 Å². The minimum absolute atomic E-state index is 0.0977. The van der Waals surface area contributed by atoms with Gasteiger partial charge in [-0.3, -0.25) is 29.0 Å². The van der Waals surface area contributed by atoms with Crippen molar-refractivity contribution in [3.05, 3.63) is 63.4 Å². The van der Waals surface area contributed by atoms with Crippen LogP contribution in [0, 0.1) is 5.82 Å². The summed E-state index contributed by atoms with van der Waals surface area (Å²) >= 11 is 11.9. The highest BCUT2D eigenvalue weighted by Gasteiger charge is 2.63. The second-order valence-electron chi connectivity index (χ2n) is 7.09. The van der Waals surface area contributed by atoms with Crippen LogP contribution in [0.3, 0.4) is 0 Å². The molecule has 0 aromatic heterocycles. The Morgan fingerprint density at radius 3 is 2.40 bits per heavy atom. The first-order chi connectivity index (χ1) is 14.1. The second-order valence-corrected chi connectivity index (χ2v) is 7.96. The molecule has 3 amide bonds. The molecule has 0 saturated carbocycles. The highest BCUT2D eigenvalue weighted by Crippen LogP contribution is 2.49. The average Bonchev–Trinajstić information content (AvgIpc) is 3.02. The number of halogens is 3. The Bertz CT molecular complexity index is 1120. The standard InChI is InChI=1S/C20H13Cl2FN2O5/c21-11-1-2-15-14(6-11)20(18(29)24(15)9-17(27)28)7-16(26)25(19(20)30)8-10-3-12(22)5-13(23)4-10/h1-6H,7-9H2,(H,27,28). The van der Waals surface area contributed by atoms with E-state index in [9.17, 15) is 28.7 Å². The molecule has 1 spiro atoms. The summed E-state index contributed by atoms with van der Waals surface area (Å²) in [6.07, 6.45) is -0.475. The van der Waals surface area contributed by atoms with Gasteiger partial charge >= 0.3 is 5.97 Å². The summed E-state index contributed by atoms with van der Waals surface area (Å²) in [5, 5.41) is 9.52. The van der Waals surface area contributed by atoms with Crippen LogP contribution in [0.2, 0.25) is 10.0 Å². The highest BCUT2D eigenvalue weighted by atomic mass is 35.5. The molecule has 10 heteroatoms. The first-order valence-electron chi connectivity index (χ1n) is 8.77. The molecule has 2 aromatic carbocycles. The predicted molar refractivity (Wildman–Crippen MR) is 105 cm³/mol. The summed E-state index contributed by atoms with van der Waals surface area (Å²) in [6, 6.07) is 7.94. The number of benzene rings is 2. The number of carboxylic acid groups (broad SMARTS) is 1. The zero-order valence-corrected chi connectivity index (χ0v) is 16.7. The number of amides is 3. The highest BCUT2D eigenvalue weighted by molar-refractivity contribution is 6.33. The van der Waals surface area contributed by atoms with Crippen LogP contribution in [0.25, 0.3) is 0 Å². The van der Waals surface area contributed by atoms with E-state index in [2.05, 4.69) is 0 Å². The van der Waals surface area contributed by atoms with E-state index in [0.29, 0.717) is 0 Å². The molecule has 2 aliphatic rings. The Morgan fingerprint density at radius 1 is 1.03 bits per heavy atom. The fraction of sp³-hybridized carbons (Fsp3) is 0.200. The number of carbonyl (C=O) groups is 4. The van der Waals surface area contributed by atoms with E-state index in [-0.39, 0.29) is 33.4 Å². The fourth-order valence-electron chi connectivity index (χ4n) is 4.00. The molecule has 1 unspecified atom stereocenters. The first-order valence-corrected chi connectivity index (χ1v) is 9.52. The number of imide groups is 1. The second kappa shape index (κ2) is 7.07. The molecule has 0 aliphatic carbocycles. The number of fused-ring (bicyclic) bond motifs is 2. The van der Waals surface area contributed by atoms with Gasteiger partial charge in [-0.15, -0.1) is 0 Å². The van der Waals surface area contributed by atoms with Crippen molar-refractivity contribution in [2.75, 3.05) is 11.4 Å². The maximum atomic E-state index is 13.7. The summed E-state index contributed by atoms with van der Waals surface area (Å²) in [7, 11) is 0. The third-order valence-corrected chi connectivity index (χ3v) is 5.66. The van der Waals surface area contributed by atoms with Crippen LogP contribution in [-0.2, 0) is 31.1 Å². The van der Waals surface area contributed by atoms with Crippen LogP contribution >= 0.6 is 23.2 Å². The van der Waals surface area contributed by atoms with Crippen molar-refractivity contribution >= 4 is 52.6 Å². The summed E-state index contributed by atoms with van der Waals surface area (Å²) in [4.78, 5) is 52.4. The maximum Gasteiger partial charge on any atom is 0.323 e. The number of rotatable bonds is 4.